The molecule has 0 spiro atoms. The molecule has 0 bridgehead atoms. The van der Waals surface area contributed by atoms with E-state index < -0.39 is 30.6 Å². The van der Waals surface area contributed by atoms with Crippen molar-refractivity contribution < 1.29 is 40.1 Å². The van der Waals surface area contributed by atoms with E-state index in [0.29, 0.717) is 11.1 Å². The molecule has 4 aromatic carbocycles. The summed E-state index contributed by atoms with van der Waals surface area (Å²) in [4.78, 5) is 22.8. The van der Waals surface area contributed by atoms with Gasteiger partial charge in [-0.15, -0.1) is 0 Å². The minimum absolute atomic E-state index is 0.0110. The number of ether oxygens (including phenoxy) is 2. The predicted octanol–water partition coefficient (Wildman–Crippen LogP) is 6.11. The molecule has 0 unspecified atom stereocenters. The van der Waals surface area contributed by atoms with Crippen molar-refractivity contribution in [3.63, 3.8) is 0 Å². The normalized spacial score (nSPS) is 12.6. The lowest BCUT2D eigenvalue weighted by atomic mass is 9.81. The minimum atomic E-state index is -2.00. The number of benzene rings is 4. The van der Waals surface area contributed by atoms with Crippen LogP contribution in [0.25, 0.3) is 11.1 Å². The molecule has 196 valence electrons. The van der Waals surface area contributed by atoms with Gasteiger partial charge < -0.3 is 19.5 Å². The minimum Gasteiger partial charge on any atom is -0.465 e. The number of carbonyl (C=O) groups excluding carboxylic acids is 2. The highest BCUT2D eigenvalue weighted by atomic mass is 127. The van der Waals surface area contributed by atoms with Gasteiger partial charge in [-0.25, -0.2) is 9.59 Å². The van der Waals surface area contributed by atoms with Crippen LogP contribution in [0, 0.1) is 3.57 Å². The number of hydrogen-bond acceptors (Lipinski definition) is 6. The van der Waals surface area contributed by atoms with Crippen molar-refractivity contribution in [3.05, 3.63) is 121 Å². The van der Waals surface area contributed by atoms with Crippen LogP contribution in [0.1, 0.15) is 31.7 Å². The second-order valence-corrected chi connectivity index (χ2v) is 9.55. The highest BCUT2D eigenvalue weighted by molar-refractivity contribution is 14.1. The fraction of sp³-hybridized carbons (Fsp3) is 0.0714. The molecule has 0 aliphatic carbocycles. The molecule has 0 fully saturated rings. The third-order valence-corrected chi connectivity index (χ3v) is 6.08. The van der Waals surface area contributed by atoms with Gasteiger partial charge >= 0.3 is 19.1 Å². The van der Waals surface area contributed by atoms with E-state index in [1.165, 1.54) is 20.3 Å². The summed E-state index contributed by atoms with van der Waals surface area (Å²) in [5, 5.41) is 17.7. The summed E-state index contributed by atoms with van der Waals surface area (Å²) >= 11 is 8.03. The Morgan fingerprint density at radius 2 is 1.21 bits per heavy atom. The zero-order chi connectivity index (χ0) is 35.0. The van der Waals surface area contributed by atoms with Crippen molar-refractivity contribution in [2.24, 2.45) is 0 Å². The van der Waals surface area contributed by atoms with E-state index in [0.717, 1.165) is 3.57 Å². The Bertz CT molecular complexity index is 1720. The maximum Gasteiger partial charge on any atom is 0.488 e. The van der Waals surface area contributed by atoms with E-state index in [-0.39, 0.29) is 62.3 Å². The van der Waals surface area contributed by atoms with E-state index in [1.54, 1.807) is 24.3 Å². The molecule has 4 aromatic rings. The molecule has 6 nitrogen and oxygen atoms in total. The molecule has 4 rings (SSSR count). The number of rotatable bonds is 4. The first kappa shape index (κ1) is 21.3. The number of halogens is 3. The fourth-order valence-electron chi connectivity index (χ4n) is 2.59. The van der Waals surface area contributed by atoms with Crippen LogP contribution in [0.5, 0.6) is 0 Å². The summed E-state index contributed by atoms with van der Waals surface area (Å²) in [6, 6.07) is 11.4. The molecule has 38 heavy (non-hydrogen) atoms. The van der Waals surface area contributed by atoms with Crippen molar-refractivity contribution in [1.29, 1.82) is 0 Å². The Kier molecular flexibility index (Phi) is 9.24. The lowest BCUT2D eigenvalue weighted by Crippen LogP contribution is -2.29. The molecule has 0 amide bonds. The van der Waals surface area contributed by atoms with Gasteiger partial charge in [0.1, 0.15) is 0 Å². The van der Waals surface area contributed by atoms with Crippen molar-refractivity contribution in [1.82, 2.24) is 0 Å². The summed E-state index contributed by atoms with van der Waals surface area (Å²) in [5.74, 6) is -0.875. The van der Waals surface area contributed by atoms with E-state index >= 15 is 0 Å². The second-order valence-electron chi connectivity index (χ2n) is 6.80. The highest BCUT2D eigenvalue weighted by Crippen LogP contribution is 2.25. The van der Waals surface area contributed by atoms with Gasteiger partial charge in [0.25, 0.3) is 0 Å². The van der Waals surface area contributed by atoms with Crippen LogP contribution in [-0.4, -0.2) is 43.3 Å². The zero-order valence-electron chi connectivity index (χ0n) is 27.9. The van der Waals surface area contributed by atoms with Gasteiger partial charge in [0.05, 0.1) is 36.3 Å². The summed E-state index contributed by atoms with van der Waals surface area (Å²) in [6.45, 7) is 0. The first-order valence-corrected chi connectivity index (χ1v) is 13.1. The molecule has 0 radical (unpaired) electrons. The smallest absolute Gasteiger partial charge is 0.465 e. The summed E-state index contributed by atoms with van der Waals surface area (Å²) < 4.78 is 71.5. The Morgan fingerprint density at radius 3 is 1.71 bits per heavy atom. The Balaban J connectivity index is 0.000000256. The Hall–Kier alpha value is -2.51. The van der Waals surface area contributed by atoms with Gasteiger partial charge in [0.2, 0.25) is 0 Å². The average molecular weight is 762 g/mol. The van der Waals surface area contributed by atoms with E-state index in [2.05, 4.69) is 59.2 Å². The van der Waals surface area contributed by atoms with Gasteiger partial charge in [-0.1, -0.05) is 86.4 Å². The van der Waals surface area contributed by atoms with Crippen molar-refractivity contribution in [2.45, 2.75) is 0 Å². The summed E-state index contributed by atoms with van der Waals surface area (Å²) in [5.41, 5.74) is 0.796. The Morgan fingerprint density at radius 1 is 0.763 bits per heavy atom. The average Bonchev–Trinajstić information content (AvgIpc) is 3.05. The van der Waals surface area contributed by atoms with Crippen molar-refractivity contribution >= 4 is 79.0 Å². The standard InChI is InChI=1S/C14H11BrO2.C8H7IO2.C6H6BBrO2/c1-17-14(16)13-5-3-2-4-12(13)10-6-8-11(15)9-7-10;1-11-8(10)6-4-2-3-5-7(6)9;8-6-3-1-5(2-4-6)7(9)10/h2-9H,1H3;2-5H,1H3;1-4,9-10H/i6D,7D,8D,9D;;1D,2D,3D,4D. The maximum absolute atomic E-state index is 11.8. The van der Waals surface area contributed by atoms with Gasteiger partial charge in [0.15, 0.2) is 0 Å². The van der Waals surface area contributed by atoms with Crippen LogP contribution in [0.15, 0.2) is 106 Å². The van der Waals surface area contributed by atoms with Crippen LogP contribution in [0.4, 0.5) is 0 Å². The first-order chi connectivity index (χ1) is 21.5. The maximum atomic E-state index is 11.8. The molecule has 2 N–H and O–H groups in total. The molecule has 0 aliphatic rings. The van der Waals surface area contributed by atoms with Gasteiger partial charge in [-0.2, -0.15) is 0 Å². The Labute approximate surface area is 263 Å². The number of methoxy groups -OCH3 is 2. The summed E-state index contributed by atoms with van der Waals surface area (Å²) in [7, 11) is 0.623. The second kappa shape index (κ2) is 16.5. The topological polar surface area (TPSA) is 93.1 Å². The summed E-state index contributed by atoms with van der Waals surface area (Å²) in [6.07, 6.45) is 0. The van der Waals surface area contributed by atoms with E-state index in [9.17, 15) is 9.59 Å². The van der Waals surface area contributed by atoms with Crippen molar-refractivity contribution in [2.75, 3.05) is 14.2 Å². The molecule has 10 heteroatoms. The van der Waals surface area contributed by atoms with Crippen molar-refractivity contribution in [3.8, 4) is 11.1 Å². The van der Waals surface area contributed by atoms with Crippen LogP contribution in [0.3, 0.4) is 0 Å². The SMILES string of the molecule is COC(=O)c1ccccc1I.[2H]c1c([2H])c(-c2ccccc2C(=O)OC)c([2H])c([2H])c1Br.[2H]c1c([2H])c(B(O)O)c([2H])c([2H])c1Br. The lowest BCUT2D eigenvalue weighted by molar-refractivity contribution is 0.0591. The van der Waals surface area contributed by atoms with Gasteiger partial charge in [0, 0.05) is 12.5 Å². The third kappa shape index (κ3) is 9.99. The molecule has 0 aliphatic heterocycles. The van der Waals surface area contributed by atoms with Crippen LogP contribution in [0.2, 0.25) is 0 Å². The zero-order valence-corrected chi connectivity index (χ0v) is 25.2. The number of esters is 2. The van der Waals surface area contributed by atoms with Crippen LogP contribution >= 0.6 is 54.5 Å². The molecule has 0 heterocycles. The monoisotopic (exact) mass is 760 g/mol. The third-order valence-electron chi connectivity index (χ3n) is 4.35. The van der Waals surface area contributed by atoms with Gasteiger partial charge in [-0.05, 0) is 81.5 Å². The molecule has 0 saturated heterocycles. The van der Waals surface area contributed by atoms with E-state index in [1.807, 2.05) is 18.2 Å². The predicted molar refractivity (Wildman–Crippen MR) is 165 cm³/mol. The molecule has 0 aromatic heterocycles. The molecule has 0 saturated carbocycles. The quantitative estimate of drug-likeness (QED) is 0.148. The largest absolute Gasteiger partial charge is 0.488 e. The number of carbonyl (C=O) groups is 2. The molecular weight excluding hydrogens is 730 g/mol. The van der Waals surface area contributed by atoms with E-state index in [4.69, 9.17) is 25.8 Å². The fourth-order valence-corrected chi connectivity index (χ4v) is 3.60. The molecular formula is C28H24BBr2IO6. The lowest BCUT2D eigenvalue weighted by Gasteiger charge is -2.07. The van der Waals surface area contributed by atoms with Crippen LogP contribution < -0.4 is 5.46 Å². The molecule has 0 atom stereocenters. The highest BCUT2D eigenvalue weighted by Gasteiger charge is 2.12. The van der Waals surface area contributed by atoms with Crippen LogP contribution in [-0.2, 0) is 9.47 Å². The first-order valence-electron chi connectivity index (χ1n) is 14.4. The van der Waals surface area contributed by atoms with Gasteiger partial charge in [-0.3, -0.25) is 0 Å². The number of hydrogen-bond donors (Lipinski definition) is 2.